The summed E-state index contributed by atoms with van der Waals surface area (Å²) in [6.07, 6.45) is 0. The van der Waals surface area contributed by atoms with Gasteiger partial charge in [0.1, 0.15) is 10.9 Å². The molecule has 0 saturated carbocycles. The molecule has 4 aromatic rings. The second kappa shape index (κ2) is 9.14. The average molecular weight is 467 g/mol. The first-order valence-corrected chi connectivity index (χ1v) is 11.3. The number of hydrogen-bond acceptors (Lipinski definition) is 5. The van der Waals surface area contributed by atoms with Crippen LogP contribution in [0.5, 0.6) is 5.75 Å². The number of benzene rings is 2. The van der Waals surface area contributed by atoms with Gasteiger partial charge in [-0.25, -0.2) is 9.67 Å². The van der Waals surface area contributed by atoms with Gasteiger partial charge < -0.3 is 4.74 Å². The molecule has 0 saturated heterocycles. The van der Waals surface area contributed by atoms with Crippen LogP contribution in [-0.2, 0) is 6.54 Å². The first-order valence-electron chi connectivity index (χ1n) is 10.1. The van der Waals surface area contributed by atoms with E-state index in [0.717, 1.165) is 27.4 Å². The third-order valence-electron chi connectivity index (χ3n) is 5.13. The maximum atomic E-state index is 13.0. The molecule has 0 aliphatic heterocycles. The lowest BCUT2D eigenvalue weighted by molar-refractivity contribution is 0.102. The molecule has 2 aromatic carbocycles. The van der Waals surface area contributed by atoms with Crippen molar-refractivity contribution in [2.45, 2.75) is 27.3 Å². The minimum absolute atomic E-state index is 0.309. The van der Waals surface area contributed by atoms with E-state index >= 15 is 0 Å². The Labute approximate surface area is 195 Å². The highest BCUT2D eigenvalue weighted by atomic mass is 35.5. The van der Waals surface area contributed by atoms with Crippen LogP contribution in [0.1, 0.15) is 32.1 Å². The first kappa shape index (κ1) is 22.0. The highest BCUT2D eigenvalue weighted by Crippen LogP contribution is 2.32. The van der Waals surface area contributed by atoms with E-state index in [9.17, 15) is 4.79 Å². The van der Waals surface area contributed by atoms with Crippen LogP contribution < -0.4 is 10.1 Å². The van der Waals surface area contributed by atoms with Gasteiger partial charge in [0.05, 0.1) is 30.6 Å². The van der Waals surface area contributed by atoms with Crippen molar-refractivity contribution in [3.8, 4) is 17.0 Å². The molecular formula is C24H23ClN4O2S. The van der Waals surface area contributed by atoms with E-state index in [1.54, 1.807) is 18.7 Å². The molecule has 0 bridgehead atoms. The summed E-state index contributed by atoms with van der Waals surface area (Å²) in [5, 5.41) is 8.18. The lowest BCUT2D eigenvalue weighted by Gasteiger charge is -2.05. The molecule has 1 amide bonds. The van der Waals surface area contributed by atoms with Crippen molar-refractivity contribution in [2.75, 3.05) is 12.4 Å². The molecular weight excluding hydrogens is 444 g/mol. The molecule has 6 nitrogen and oxygen atoms in total. The molecule has 4 rings (SSSR count). The first-order chi connectivity index (χ1) is 15.4. The molecule has 0 atom stereocenters. The van der Waals surface area contributed by atoms with Crippen LogP contribution >= 0.6 is 22.9 Å². The SMILES string of the molecule is COc1ccc(-c2nc(NC(=O)c3c(C)nn(Cc4ccc(C)cc4)c3Cl)sc2C)cc1. The maximum absolute atomic E-state index is 13.0. The predicted octanol–water partition coefficient (Wildman–Crippen LogP) is 5.89. The number of nitrogens with one attached hydrogen (secondary N) is 1. The molecule has 164 valence electrons. The summed E-state index contributed by atoms with van der Waals surface area (Å²) in [4.78, 5) is 18.6. The van der Waals surface area contributed by atoms with Crippen LogP contribution in [0.3, 0.4) is 0 Å². The summed E-state index contributed by atoms with van der Waals surface area (Å²) >= 11 is 7.96. The van der Waals surface area contributed by atoms with Gasteiger partial charge in [0.2, 0.25) is 0 Å². The predicted molar refractivity (Wildman–Crippen MR) is 129 cm³/mol. The minimum Gasteiger partial charge on any atom is -0.497 e. The Bertz CT molecular complexity index is 1260. The second-order valence-corrected chi connectivity index (χ2v) is 9.06. The summed E-state index contributed by atoms with van der Waals surface area (Å²) in [6, 6.07) is 15.8. The van der Waals surface area contributed by atoms with Crippen LogP contribution in [0.25, 0.3) is 11.3 Å². The Morgan fingerprint density at radius 1 is 1.09 bits per heavy atom. The van der Waals surface area contributed by atoms with Gasteiger partial charge >= 0.3 is 0 Å². The van der Waals surface area contributed by atoms with Crippen LogP contribution in [0.15, 0.2) is 48.5 Å². The van der Waals surface area contributed by atoms with Crippen molar-refractivity contribution < 1.29 is 9.53 Å². The number of carbonyl (C=O) groups excluding carboxylic acids is 1. The summed E-state index contributed by atoms with van der Waals surface area (Å²) in [5.41, 5.74) is 4.96. The molecule has 0 aliphatic carbocycles. The third-order valence-corrected chi connectivity index (χ3v) is 6.40. The molecule has 0 aliphatic rings. The monoisotopic (exact) mass is 466 g/mol. The van der Waals surface area contributed by atoms with Crippen LogP contribution in [0.4, 0.5) is 5.13 Å². The highest BCUT2D eigenvalue weighted by Gasteiger charge is 2.22. The van der Waals surface area contributed by atoms with Gasteiger partial charge in [0.15, 0.2) is 5.13 Å². The Morgan fingerprint density at radius 2 is 1.78 bits per heavy atom. The fraction of sp³-hybridized carbons (Fsp3) is 0.208. The highest BCUT2D eigenvalue weighted by molar-refractivity contribution is 7.16. The number of anilines is 1. The van der Waals surface area contributed by atoms with Gasteiger partial charge in [-0.2, -0.15) is 5.10 Å². The summed E-state index contributed by atoms with van der Waals surface area (Å²) < 4.78 is 6.86. The van der Waals surface area contributed by atoms with Crippen molar-refractivity contribution in [1.82, 2.24) is 14.8 Å². The quantitative estimate of drug-likeness (QED) is 0.384. The molecule has 0 fully saturated rings. The minimum atomic E-state index is -0.322. The molecule has 32 heavy (non-hydrogen) atoms. The van der Waals surface area contributed by atoms with Crippen molar-refractivity contribution in [3.63, 3.8) is 0 Å². The number of amides is 1. The zero-order chi connectivity index (χ0) is 22.8. The maximum Gasteiger partial charge on any atom is 0.262 e. The zero-order valence-electron chi connectivity index (χ0n) is 18.3. The molecule has 0 unspecified atom stereocenters. The number of aromatic nitrogens is 3. The Hall–Kier alpha value is -3.16. The van der Waals surface area contributed by atoms with Crippen LogP contribution in [-0.4, -0.2) is 27.8 Å². The lowest BCUT2D eigenvalue weighted by Crippen LogP contribution is -2.13. The van der Waals surface area contributed by atoms with E-state index in [0.29, 0.717) is 28.1 Å². The lowest BCUT2D eigenvalue weighted by atomic mass is 10.1. The third kappa shape index (κ3) is 4.54. The summed E-state index contributed by atoms with van der Waals surface area (Å²) in [5.74, 6) is 0.459. The number of hydrogen-bond donors (Lipinski definition) is 1. The van der Waals surface area contributed by atoms with E-state index in [4.69, 9.17) is 16.3 Å². The second-order valence-electron chi connectivity index (χ2n) is 7.50. The fourth-order valence-electron chi connectivity index (χ4n) is 3.41. The number of nitrogens with zero attached hydrogens (tertiary/aromatic N) is 3. The van der Waals surface area contributed by atoms with E-state index < -0.39 is 0 Å². The van der Waals surface area contributed by atoms with E-state index in [2.05, 4.69) is 15.4 Å². The topological polar surface area (TPSA) is 69.0 Å². The fourth-order valence-corrected chi connectivity index (χ4v) is 4.56. The van der Waals surface area contributed by atoms with Crippen molar-refractivity contribution >= 4 is 34.0 Å². The number of ether oxygens (including phenoxy) is 1. The van der Waals surface area contributed by atoms with Crippen molar-refractivity contribution in [1.29, 1.82) is 0 Å². The number of thiazole rings is 1. The van der Waals surface area contributed by atoms with E-state index in [1.807, 2.05) is 62.4 Å². The summed E-state index contributed by atoms with van der Waals surface area (Å²) in [7, 11) is 1.63. The Morgan fingerprint density at radius 3 is 2.44 bits per heavy atom. The molecule has 0 spiro atoms. The summed E-state index contributed by atoms with van der Waals surface area (Å²) in [6.45, 7) is 6.29. The molecule has 2 aromatic heterocycles. The van der Waals surface area contributed by atoms with Crippen LogP contribution in [0.2, 0.25) is 5.15 Å². The Balaban J connectivity index is 1.54. The number of halogens is 1. The standard InChI is InChI=1S/C24H23ClN4O2S/c1-14-5-7-17(8-6-14)13-29-22(25)20(15(2)28-29)23(30)27-24-26-21(16(3)32-24)18-9-11-19(31-4)12-10-18/h5-12H,13H2,1-4H3,(H,26,27,30). The van der Waals surface area contributed by atoms with Gasteiger partial charge in [-0.3, -0.25) is 10.1 Å². The van der Waals surface area contributed by atoms with E-state index in [1.165, 1.54) is 16.9 Å². The molecule has 0 radical (unpaired) electrons. The van der Waals surface area contributed by atoms with E-state index in [-0.39, 0.29) is 5.91 Å². The number of methoxy groups -OCH3 is 1. The molecule has 2 heterocycles. The van der Waals surface area contributed by atoms with Crippen LogP contribution in [0, 0.1) is 20.8 Å². The number of rotatable bonds is 6. The average Bonchev–Trinajstić information content (AvgIpc) is 3.27. The number of aryl methyl sites for hydroxylation is 3. The normalized spacial score (nSPS) is 10.9. The smallest absolute Gasteiger partial charge is 0.262 e. The van der Waals surface area contributed by atoms with Crippen molar-refractivity contribution in [2.24, 2.45) is 0 Å². The van der Waals surface area contributed by atoms with Gasteiger partial charge in [-0.1, -0.05) is 41.4 Å². The Kier molecular flexibility index (Phi) is 6.30. The van der Waals surface area contributed by atoms with Gasteiger partial charge in [-0.15, -0.1) is 11.3 Å². The molecule has 8 heteroatoms. The van der Waals surface area contributed by atoms with Gasteiger partial charge in [0, 0.05) is 10.4 Å². The van der Waals surface area contributed by atoms with Gasteiger partial charge in [0.25, 0.3) is 5.91 Å². The van der Waals surface area contributed by atoms with Gasteiger partial charge in [-0.05, 0) is 50.6 Å². The zero-order valence-corrected chi connectivity index (χ0v) is 19.8. The largest absolute Gasteiger partial charge is 0.497 e. The number of carbonyl (C=O) groups is 1. The molecule has 1 N–H and O–H groups in total. The van der Waals surface area contributed by atoms with Crippen molar-refractivity contribution in [3.05, 3.63) is 80.9 Å².